The number of ether oxygens (including phenoxy) is 2. The summed E-state index contributed by atoms with van der Waals surface area (Å²) in [6.45, 7) is 36.0. The summed E-state index contributed by atoms with van der Waals surface area (Å²) in [5, 5.41) is -0.115. The van der Waals surface area contributed by atoms with Gasteiger partial charge in [-0.3, -0.25) is 4.57 Å². The number of nitrogens with zero attached hydrogens (tertiary/aromatic N) is 2. The fraction of sp³-hybridized carbons (Fsp3) is 0.806. The van der Waals surface area contributed by atoms with Crippen LogP contribution in [0.2, 0.25) is 54.4 Å². The van der Waals surface area contributed by atoms with Gasteiger partial charge in [-0.25, -0.2) is 4.79 Å². The molecule has 44 heavy (non-hydrogen) atoms. The molecule has 1 aromatic heterocycles. The quantitative estimate of drug-likeness (QED) is 0.207. The van der Waals surface area contributed by atoms with E-state index < -0.39 is 55.2 Å². The molecule has 0 spiro atoms. The van der Waals surface area contributed by atoms with Crippen molar-refractivity contribution >= 4 is 62.9 Å². The van der Waals surface area contributed by atoms with Crippen molar-refractivity contribution in [1.82, 2.24) is 9.55 Å². The summed E-state index contributed by atoms with van der Waals surface area (Å²) in [4.78, 5) is 18.1. The van der Waals surface area contributed by atoms with Crippen LogP contribution in [0.1, 0.15) is 81.2 Å². The van der Waals surface area contributed by atoms with Crippen molar-refractivity contribution in [1.29, 1.82) is 0 Å². The van der Waals surface area contributed by atoms with Crippen molar-refractivity contribution in [2.45, 2.75) is 148 Å². The van der Waals surface area contributed by atoms with E-state index in [0.29, 0.717) is 22.3 Å². The maximum absolute atomic E-state index is 13.8. The van der Waals surface area contributed by atoms with Gasteiger partial charge in [-0.2, -0.15) is 4.98 Å². The molecule has 1 aliphatic rings. The highest BCUT2D eigenvalue weighted by Gasteiger charge is 2.55. The molecular formula is C31H58Br2N2O6Si3. The van der Waals surface area contributed by atoms with E-state index in [1.165, 1.54) is 0 Å². The molecule has 2 rings (SSSR count). The SMILES string of the molecule is CCOc1cc(C=C(Br)Br)n([C@@H]2O[C@H](CO[Si](C)(C)C(C)(C)C)[C@@H](O[Si](C)(C)C(C)(C)C)[C@@H]2O[Si](C)(C)C(C)(C)C)c(=O)n1. The second-order valence-electron chi connectivity index (χ2n) is 16.4. The van der Waals surface area contributed by atoms with Crippen LogP contribution in [0, 0.1) is 0 Å². The molecule has 8 nitrogen and oxygen atoms in total. The van der Waals surface area contributed by atoms with Crippen LogP contribution >= 0.6 is 31.9 Å². The molecule has 1 aliphatic heterocycles. The lowest BCUT2D eigenvalue weighted by Crippen LogP contribution is -2.55. The first-order chi connectivity index (χ1) is 19.6. The molecule has 0 amide bonds. The van der Waals surface area contributed by atoms with E-state index in [1.54, 1.807) is 10.6 Å². The lowest BCUT2D eigenvalue weighted by molar-refractivity contribution is -0.0513. The fourth-order valence-electron chi connectivity index (χ4n) is 4.05. The molecular weight excluding hydrogens is 740 g/mol. The van der Waals surface area contributed by atoms with E-state index in [-0.39, 0.29) is 21.0 Å². The van der Waals surface area contributed by atoms with Crippen molar-refractivity contribution in [3.05, 3.63) is 25.6 Å². The Hall–Kier alpha value is -0.129. The van der Waals surface area contributed by atoms with E-state index in [0.717, 1.165) is 0 Å². The smallest absolute Gasteiger partial charge is 0.353 e. The zero-order valence-corrected chi connectivity index (χ0v) is 36.2. The van der Waals surface area contributed by atoms with Crippen LogP contribution in [0.3, 0.4) is 0 Å². The average Bonchev–Trinajstić information content (AvgIpc) is 3.10. The minimum Gasteiger partial charge on any atom is -0.478 e. The van der Waals surface area contributed by atoms with Gasteiger partial charge in [-0.1, -0.05) is 62.3 Å². The Kier molecular flexibility index (Phi) is 12.9. The van der Waals surface area contributed by atoms with Crippen molar-refractivity contribution in [3.63, 3.8) is 0 Å². The average molecular weight is 799 g/mol. The highest BCUT2D eigenvalue weighted by Crippen LogP contribution is 2.46. The topological polar surface area (TPSA) is 81.0 Å². The minimum absolute atomic E-state index is 0.0217. The summed E-state index contributed by atoms with van der Waals surface area (Å²) >= 11 is 6.97. The molecule has 1 saturated heterocycles. The number of hydrogen-bond acceptors (Lipinski definition) is 7. The molecule has 0 aromatic carbocycles. The molecule has 0 bridgehead atoms. The Morgan fingerprint density at radius 2 is 1.36 bits per heavy atom. The third kappa shape index (κ3) is 9.49. The van der Waals surface area contributed by atoms with E-state index in [4.69, 9.17) is 22.8 Å². The number of rotatable bonds is 11. The second-order valence-corrected chi connectivity index (χ2v) is 33.5. The molecule has 1 fully saturated rings. The maximum Gasteiger partial charge on any atom is 0.353 e. The standard InChI is InChI=1S/C31H58Br2N2O6Si3/c1-17-37-24-19-21(18-23(32)33)35(28(36)34-24)27-26(41-44(15,16)31(8,9)10)25(40-43(13,14)30(5,6)7)22(39-27)20-38-42(11,12)29(2,3)4/h18-19,22,25-27H,17,20H2,1-16H3/t22-,25-,26+,27-/m1/s1. The molecule has 254 valence electrons. The predicted molar refractivity (Wildman–Crippen MR) is 197 cm³/mol. The van der Waals surface area contributed by atoms with Crippen LogP contribution in [0.25, 0.3) is 6.08 Å². The molecule has 0 N–H and O–H groups in total. The van der Waals surface area contributed by atoms with Gasteiger partial charge in [-0.05, 0) is 99.3 Å². The molecule has 13 heteroatoms. The summed E-state index contributed by atoms with van der Waals surface area (Å²) in [5.74, 6) is 0.257. The van der Waals surface area contributed by atoms with Crippen molar-refractivity contribution in [2.75, 3.05) is 13.2 Å². The van der Waals surface area contributed by atoms with Crippen LogP contribution in [-0.2, 0) is 18.0 Å². The van der Waals surface area contributed by atoms with Gasteiger partial charge < -0.3 is 22.8 Å². The van der Waals surface area contributed by atoms with E-state index in [2.05, 4.69) is 138 Å². The third-order valence-electron chi connectivity index (χ3n) is 9.94. The first-order valence-electron chi connectivity index (χ1n) is 15.6. The van der Waals surface area contributed by atoms with Crippen molar-refractivity contribution in [3.8, 4) is 5.88 Å². The van der Waals surface area contributed by atoms with Gasteiger partial charge in [0.25, 0.3) is 0 Å². The molecule has 0 saturated carbocycles. The summed E-state index contributed by atoms with van der Waals surface area (Å²) in [7, 11) is -6.85. The van der Waals surface area contributed by atoms with E-state index in [9.17, 15) is 4.79 Å². The summed E-state index contributed by atoms with van der Waals surface area (Å²) in [5.41, 5.74) is 0.0948. The highest BCUT2D eigenvalue weighted by atomic mass is 79.9. The van der Waals surface area contributed by atoms with Gasteiger partial charge in [0.2, 0.25) is 5.88 Å². The molecule has 0 radical (unpaired) electrons. The molecule has 1 aromatic rings. The van der Waals surface area contributed by atoms with Gasteiger partial charge in [0.15, 0.2) is 31.2 Å². The Bertz CT molecular complexity index is 1230. The summed E-state index contributed by atoms with van der Waals surface area (Å²) in [6, 6.07) is 1.75. The Balaban J connectivity index is 2.85. The zero-order chi connectivity index (χ0) is 34.3. The van der Waals surface area contributed by atoms with Crippen molar-refractivity contribution in [2.24, 2.45) is 0 Å². The normalized spacial score (nSPS) is 22.3. The van der Waals surface area contributed by atoms with Crippen LogP contribution in [0.4, 0.5) is 0 Å². The molecule has 2 heterocycles. The van der Waals surface area contributed by atoms with Crippen LogP contribution in [-0.4, -0.2) is 66.0 Å². The first kappa shape index (κ1) is 40.0. The van der Waals surface area contributed by atoms with E-state index in [1.807, 2.05) is 13.0 Å². The summed E-state index contributed by atoms with van der Waals surface area (Å²) < 4.78 is 36.0. The number of aromatic nitrogens is 2. The Labute approximate surface area is 286 Å². The predicted octanol–water partition coefficient (Wildman–Crippen LogP) is 9.43. The van der Waals surface area contributed by atoms with E-state index >= 15 is 0 Å². The van der Waals surface area contributed by atoms with Gasteiger partial charge >= 0.3 is 5.69 Å². The lowest BCUT2D eigenvalue weighted by Gasteiger charge is -2.44. The molecule has 0 aliphatic carbocycles. The maximum atomic E-state index is 13.8. The number of halogens is 2. The zero-order valence-electron chi connectivity index (χ0n) is 30.0. The summed E-state index contributed by atoms with van der Waals surface area (Å²) in [6.07, 6.45) is -0.477. The van der Waals surface area contributed by atoms with Gasteiger partial charge in [-0.15, -0.1) is 0 Å². The van der Waals surface area contributed by atoms with Gasteiger partial charge in [0.1, 0.15) is 18.3 Å². The van der Waals surface area contributed by atoms with Crippen LogP contribution < -0.4 is 10.4 Å². The molecule has 4 atom stereocenters. The Morgan fingerprint density at radius 3 is 1.80 bits per heavy atom. The lowest BCUT2D eigenvalue weighted by atomic mass is 10.1. The van der Waals surface area contributed by atoms with Crippen LogP contribution in [0.15, 0.2) is 14.3 Å². The third-order valence-corrected chi connectivity index (χ3v) is 23.8. The van der Waals surface area contributed by atoms with Gasteiger partial charge in [0, 0.05) is 6.07 Å². The van der Waals surface area contributed by atoms with Crippen molar-refractivity contribution < 1.29 is 22.8 Å². The second kappa shape index (κ2) is 14.2. The largest absolute Gasteiger partial charge is 0.478 e. The van der Waals surface area contributed by atoms with Crippen LogP contribution in [0.5, 0.6) is 5.88 Å². The first-order valence-corrected chi connectivity index (χ1v) is 25.9. The fourth-order valence-corrected chi connectivity index (χ4v) is 8.13. The Morgan fingerprint density at radius 1 is 0.886 bits per heavy atom. The van der Waals surface area contributed by atoms with Gasteiger partial charge in [0.05, 0.1) is 22.3 Å². The highest BCUT2D eigenvalue weighted by molar-refractivity contribution is 9.28. The monoisotopic (exact) mass is 796 g/mol. The minimum atomic E-state index is -2.39. The molecule has 0 unspecified atom stereocenters. The number of hydrogen-bond donors (Lipinski definition) is 0.